The number of hydroxylamine groups is 1. The number of likely N-dealkylation sites (tertiary alicyclic amines) is 1. The molecule has 1 aromatic rings. The van der Waals surface area contributed by atoms with Crippen LogP contribution in [0.15, 0.2) is 23.9 Å². The molecule has 3 rings (SSSR count). The van der Waals surface area contributed by atoms with Crippen molar-refractivity contribution in [2.24, 2.45) is 0 Å². The summed E-state index contributed by atoms with van der Waals surface area (Å²) in [4.78, 5) is 31.3. The third-order valence-electron chi connectivity index (χ3n) is 5.24. The molecule has 1 aromatic carbocycles. The molecule has 2 heterocycles. The highest BCUT2D eigenvalue weighted by atomic mass is 19.1. The van der Waals surface area contributed by atoms with Crippen molar-refractivity contribution in [1.29, 1.82) is 0 Å². The predicted molar refractivity (Wildman–Crippen MR) is 113 cm³/mol. The third-order valence-corrected chi connectivity index (χ3v) is 5.24. The van der Waals surface area contributed by atoms with Crippen LogP contribution in [0.4, 0.5) is 26.2 Å². The lowest BCUT2D eigenvalue weighted by atomic mass is 10.1. The Balaban J connectivity index is 1.47. The van der Waals surface area contributed by atoms with Gasteiger partial charge in [-0.3, -0.25) is 20.4 Å². The van der Waals surface area contributed by atoms with E-state index in [1.54, 1.807) is 9.80 Å². The SMILES string of the molecule is CC(C)OC(=O)N1CCC(ONC2=CCN(c3cc(N)c([N+](=O)[O-])cc3F)CC2)CC1. The first-order chi connectivity index (χ1) is 14.7. The number of carbonyl (C=O) groups excluding carboxylic acids is 1. The summed E-state index contributed by atoms with van der Waals surface area (Å²) in [6, 6.07) is 2.16. The molecule has 0 saturated carbocycles. The monoisotopic (exact) mass is 437 g/mol. The summed E-state index contributed by atoms with van der Waals surface area (Å²) >= 11 is 0. The normalized spacial score (nSPS) is 17.5. The lowest BCUT2D eigenvalue weighted by Gasteiger charge is -2.33. The van der Waals surface area contributed by atoms with Crippen LogP contribution in [0.3, 0.4) is 0 Å². The maximum Gasteiger partial charge on any atom is 0.410 e. The second-order valence-corrected chi connectivity index (χ2v) is 7.88. The van der Waals surface area contributed by atoms with Crippen LogP contribution in [0.5, 0.6) is 0 Å². The second-order valence-electron chi connectivity index (χ2n) is 7.88. The number of benzene rings is 1. The van der Waals surface area contributed by atoms with E-state index < -0.39 is 16.4 Å². The molecule has 0 aliphatic carbocycles. The van der Waals surface area contributed by atoms with Crippen molar-refractivity contribution in [2.45, 2.75) is 45.3 Å². The van der Waals surface area contributed by atoms with Crippen LogP contribution in [0.1, 0.15) is 33.1 Å². The number of nitrogens with zero attached hydrogens (tertiary/aromatic N) is 3. The summed E-state index contributed by atoms with van der Waals surface area (Å²) in [7, 11) is 0. The first kappa shape index (κ1) is 22.6. The number of nitrogens with two attached hydrogens (primary N) is 1. The van der Waals surface area contributed by atoms with E-state index in [1.807, 2.05) is 19.9 Å². The Morgan fingerprint density at radius 3 is 2.61 bits per heavy atom. The Morgan fingerprint density at radius 1 is 1.32 bits per heavy atom. The highest BCUT2D eigenvalue weighted by Gasteiger charge is 2.26. The Bertz CT molecular complexity index is 855. The van der Waals surface area contributed by atoms with E-state index in [0.717, 1.165) is 11.8 Å². The van der Waals surface area contributed by atoms with E-state index in [9.17, 15) is 19.3 Å². The minimum absolute atomic E-state index is 0.0195. The number of piperidine rings is 1. The van der Waals surface area contributed by atoms with Crippen molar-refractivity contribution in [2.75, 3.05) is 36.8 Å². The molecule has 0 unspecified atom stereocenters. The van der Waals surface area contributed by atoms with Gasteiger partial charge in [0.2, 0.25) is 0 Å². The van der Waals surface area contributed by atoms with E-state index >= 15 is 0 Å². The average Bonchev–Trinajstić information content (AvgIpc) is 2.73. The highest BCUT2D eigenvalue weighted by molar-refractivity contribution is 5.68. The summed E-state index contributed by atoms with van der Waals surface area (Å²) in [6.07, 6.45) is 3.42. The molecule has 10 nitrogen and oxygen atoms in total. The number of nitro groups is 1. The molecule has 0 atom stereocenters. The molecular weight excluding hydrogens is 409 g/mol. The Hall–Kier alpha value is -3.08. The van der Waals surface area contributed by atoms with Gasteiger partial charge in [-0.15, -0.1) is 0 Å². The van der Waals surface area contributed by atoms with Crippen molar-refractivity contribution in [3.63, 3.8) is 0 Å². The fourth-order valence-electron chi connectivity index (χ4n) is 3.54. The van der Waals surface area contributed by atoms with Crippen LogP contribution < -0.4 is 16.1 Å². The number of rotatable bonds is 6. The quantitative estimate of drug-likeness (QED) is 0.396. The van der Waals surface area contributed by atoms with Gasteiger partial charge < -0.3 is 20.3 Å². The first-order valence-electron chi connectivity index (χ1n) is 10.3. The molecule has 1 amide bonds. The zero-order valence-corrected chi connectivity index (χ0v) is 17.7. The van der Waals surface area contributed by atoms with E-state index in [1.165, 1.54) is 6.07 Å². The summed E-state index contributed by atoms with van der Waals surface area (Å²) in [5.41, 5.74) is 9.29. The molecule has 0 radical (unpaired) electrons. The van der Waals surface area contributed by atoms with Crippen LogP contribution >= 0.6 is 0 Å². The van der Waals surface area contributed by atoms with Crippen molar-refractivity contribution >= 4 is 23.2 Å². The number of hydrogen-bond donors (Lipinski definition) is 2. The number of halogens is 1. The lowest BCUT2D eigenvalue weighted by molar-refractivity contribution is -0.384. The maximum absolute atomic E-state index is 14.3. The van der Waals surface area contributed by atoms with E-state index in [-0.39, 0.29) is 29.7 Å². The van der Waals surface area contributed by atoms with Crippen LogP contribution in [-0.4, -0.2) is 54.3 Å². The summed E-state index contributed by atoms with van der Waals surface area (Å²) in [6.45, 7) is 5.72. The molecule has 3 N–H and O–H groups in total. The zero-order valence-electron chi connectivity index (χ0n) is 17.7. The molecule has 2 aliphatic rings. The number of anilines is 2. The summed E-state index contributed by atoms with van der Waals surface area (Å²) in [5, 5.41) is 10.9. The number of amides is 1. The Morgan fingerprint density at radius 2 is 2.03 bits per heavy atom. The smallest absolute Gasteiger partial charge is 0.410 e. The van der Waals surface area contributed by atoms with Gasteiger partial charge in [-0.05, 0) is 38.8 Å². The van der Waals surface area contributed by atoms with E-state index in [0.29, 0.717) is 45.4 Å². The van der Waals surface area contributed by atoms with Gasteiger partial charge in [0.05, 0.1) is 28.9 Å². The van der Waals surface area contributed by atoms with Gasteiger partial charge in [0.15, 0.2) is 5.82 Å². The van der Waals surface area contributed by atoms with Crippen LogP contribution in [0.2, 0.25) is 0 Å². The molecule has 1 fully saturated rings. The molecule has 11 heteroatoms. The van der Waals surface area contributed by atoms with Gasteiger partial charge in [0.25, 0.3) is 5.69 Å². The predicted octanol–water partition coefficient (Wildman–Crippen LogP) is 2.94. The molecule has 31 heavy (non-hydrogen) atoms. The maximum atomic E-state index is 14.3. The van der Waals surface area contributed by atoms with Crippen LogP contribution in [-0.2, 0) is 9.57 Å². The van der Waals surface area contributed by atoms with Gasteiger partial charge in [0.1, 0.15) is 5.69 Å². The fourth-order valence-corrected chi connectivity index (χ4v) is 3.54. The highest BCUT2D eigenvalue weighted by Crippen LogP contribution is 2.31. The van der Waals surface area contributed by atoms with E-state index in [4.69, 9.17) is 15.3 Å². The van der Waals surface area contributed by atoms with Gasteiger partial charge in [0, 0.05) is 38.3 Å². The van der Waals surface area contributed by atoms with Gasteiger partial charge in [-0.25, -0.2) is 9.18 Å². The molecular formula is C20H28FN5O5. The molecule has 1 saturated heterocycles. The number of hydrogen-bond acceptors (Lipinski definition) is 8. The topological polar surface area (TPSA) is 123 Å². The molecule has 170 valence electrons. The third kappa shape index (κ3) is 5.75. The Labute approximate surface area is 179 Å². The number of nitrogens with one attached hydrogen (secondary N) is 1. The number of nitrogen functional groups attached to an aromatic ring is 1. The Kier molecular flexibility index (Phi) is 7.16. The van der Waals surface area contributed by atoms with Gasteiger partial charge in [-0.1, -0.05) is 0 Å². The minimum Gasteiger partial charge on any atom is -0.447 e. The minimum atomic E-state index is -0.699. The van der Waals surface area contributed by atoms with Gasteiger partial charge in [-0.2, -0.15) is 0 Å². The van der Waals surface area contributed by atoms with Crippen LogP contribution in [0, 0.1) is 15.9 Å². The van der Waals surface area contributed by atoms with Crippen molar-refractivity contribution in [1.82, 2.24) is 10.4 Å². The first-order valence-corrected chi connectivity index (χ1v) is 10.3. The largest absolute Gasteiger partial charge is 0.447 e. The fraction of sp³-hybridized carbons (Fsp3) is 0.550. The second kappa shape index (κ2) is 9.82. The van der Waals surface area contributed by atoms with E-state index in [2.05, 4.69) is 5.48 Å². The van der Waals surface area contributed by atoms with Crippen molar-refractivity contribution < 1.29 is 23.7 Å². The number of carbonyl (C=O) groups is 1. The standard InChI is InChI=1S/C20H28FN5O5/c1-13(2)30-20(27)25-9-5-15(6-10-25)31-23-14-3-7-24(8-4-14)18-12-17(22)19(26(28)29)11-16(18)21/h3,11-13,15,23H,4-10,22H2,1-2H3. The summed E-state index contributed by atoms with van der Waals surface area (Å²) < 4.78 is 19.5. The summed E-state index contributed by atoms with van der Waals surface area (Å²) in [5.74, 6) is -0.676. The number of nitro benzene ring substituents is 1. The molecule has 0 spiro atoms. The molecule has 0 aromatic heterocycles. The van der Waals surface area contributed by atoms with Gasteiger partial charge >= 0.3 is 6.09 Å². The molecule has 0 bridgehead atoms. The van der Waals surface area contributed by atoms with Crippen LogP contribution in [0.25, 0.3) is 0 Å². The lowest BCUT2D eigenvalue weighted by Crippen LogP contribution is -2.43. The van der Waals surface area contributed by atoms with Crippen molar-refractivity contribution in [3.8, 4) is 0 Å². The van der Waals surface area contributed by atoms with Crippen molar-refractivity contribution in [3.05, 3.63) is 39.8 Å². The zero-order chi connectivity index (χ0) is 22.5. The number of ether oxygens (including phenoxy) is 1. The molecule has 2 aliphatic heterocycles. The average molecular weight is 437 g/mol.